The van der Waals surface area contributed by atoms with Crippen LogP contribution in [0.1, 0.15) is 51.9 Å². The Balaban J connectivity index is 1.73. The van der Waals surface area contributed by atoms with Gasteiger partial charge in [0.1, 0.15) is 0 Å². The number of carboxylic acids is 1. The summed E-state index contributed by atoms with van der Waals surface area (Å²) in [7, 11) is 0. The summed E-state index contributed by atoms with van der Waals surface area (Å²) in [4.78, 5) is 25.8. The van der Waals surface area contributed by atoms with Crippen molar-refractivity contribution in [2.75, 3.05) is 0 Å². The highest BCUT2D eigenvalue weighted by atomic mass is 16.4. The van der Waals surface area contributed by atoms with Gasteiger partial charge in [-0.3, -0.25) is 9.59 Å². The molecule has 5 unspecified atom stereocenters. The van der Waals surface area contributed by atoms with Gasteiger partial charge in [0.2, 0.25) is 5.91 Å². The van der Waals surface area contributed by atoms with Crippen LogP contribution in [-0.2, 0) is 9.59 Å². The maximum atomic E-state index is 12.7. The second kappa shape index (κ2) is 4.80. The first-order valence-corrected chi connectivity index (χ1v) is 7.64. The van der Waals surface area contributed by atoms with Crippen LogP contribution in [0.4, 0.5) is 0 Å². The van der Waals surface area contributed by atoms with Crippen molar-refractivity contribution >= 4 is 11.9 Å². The van der Waals surface area contributed by atoms with Gasteiger partial charge < -0.3 is 10.0 Å². The third kappa shape index (κ3) is 2.05. The molecule has 1 aliphatic heterocycles. The standard InChI is InChI=1S/C15H23NO3/c1-9-8-10-4-2-3-5-13(10)16(9)14(17)11-6-7-12(11)15(18)19/h9-13H,2-8H2,1H3,(H,18,19). The SMILES string of the molecule is CC1CC2CCCCC2N1C(=O)C1CCC1C(=O)O. The number of amides is 1. The summed E-state index contributed by atoms with van der Waals surface area (Å²) < 4.78 is 0. The minimum Gasteiger partial charge on any atom is -0.481 e. The fourth-order valence-corrected chi connectivity index (χ4v) is 4.37. The smallest absolute Gasteiger partial charge is 0.307 e. The highest BCUT2D eigenvalue weighted by Gasteiger charge is 2.49. The number of carboxylic acid groups (broad SMARTS) is 1. The predicted octanol–water partition coefficient (Wildman–Crippen LogP) is 2.28. The van der Waals surface area contributed by atoms with Crippen LogP contribution in [0.25, 0.3) is 0 Å². The van der Waals surface area contributed by atoms with E-state index in [-0.39, 0.29) is 11.8 Å². The Kier molecular flexibility index (Phi) is 3.27. The lowest BCUT2D eigenvalue weighted by atomic mass is 9.72. The maximum Gasteiger partial charge on any atom is 0.307 e. The van der Waals surface area contributed by atoms with Crippen molar-refractivity contribution in [3.8, 4) is 0 Å². The molecular weight excluding hydrogens is 242 g/mol. The molecule has 1 saturated heterocycles. The fourth-order valence-electron chi connectivity index (χ4n) is 4.37. The zero-order chi connectivity index (χ0) is 13.6. The minimum absolute atomic E-state index is 0.126. The number of aliphatic carboxylic acids is 1. The van der Waals surface area contributed by atoms with E-state index in [1.165, 1.54) is 19.3 Å². The Bertz CT molecular complexity index is 395. The first-order valence-electron chi connectivity index (χ1n) is 7.64. The van der Waals surface area contributed by atoms with Gasteiger partial charge in [0.25, 0.3) is 0 Å². The van der Waals surface area contributed by atoms with Gasteiger partial charge in [0, 0.05) is 12.1 Å². The van der Waals surface area contributed by atoms with Gasteiger partial charge in [0.15, 0.2) is 0 Å². The predicted molar refractivity (Wildman–Crippen MR) is 70.5 cm³/mol. The van der Waals surface area contributed by atoms with Crippen molar-refractivity contribution in [2.24, 2.45) is 17.8 Å². The minimum atomic E-state index is -0.795. The summed E-state index contributed by atoms with van der Waals surface area (Å²) in [6, 6.07) is 0.696. The molecular formula is C15H23NO3. The first-order chi connectivity index (χ1) is 9.09. The van der Waals surface area contributed by atoms with Crippen LogP contribution >= 0.6 is 0 Å². The monoisotopic (exact) mass is 265 g/mol. The summed E-state index contributed by atoms with van der Waals surface area (Å²) >= 11 is 0. The number of rotatable bonds is 2. The molecule has 1 N–H and O–H groups in total. The summed E-state index contributed by atoms with van der Waals surface area (Å²) in [5, 5.41) is 9.12. The van der Waals surface area contributed by atoms with Crippen molar-refractivity contribution < 1.29 is 14.7 Å². The van der Waals surface area contributed by atoms with Crippen LogP contribution in [0.2, 0.25) is 0 Å². The van der Waals surface area contributed by atoms with E-state index < -0.39 is 11.9 Å². The van der Waals surface area contributed by atoms with Crippen molar-refractivity contribution in [2.45, 2.75) is 64.0 Å². The Labute approximate surface area is 114 Å². The number of likely N-dealkylation sites (tertiary alicyclic amines) is 1. The maximum absolute atomic E-state index is 12.7. The number of fused-ring (bicyclic) bond motifs is 1. The average Bonchev–Trinajstić information content (AvgIpc) is 2.62. The third-order valence-electron chi connectivity index (χ3n) is 5.51. The van der Waals surface area contributed by atoms with Crippen LogP contribution in [0.15, 0.2) is 0 Å². The molecule has 19 heavy (non-hydrogen) atoms. The zero-order valence-corrected chi connectivity index (χ0v) is 11.5. The van der Waals surface area contributed by atoms with Crippen LogP contribution in [-0.4, -0.2) is 34.0 Å². The topological polar surface area (TPSA) is 57.6 Å². The van der Waals surface area contributed by atoms with Crippen molar-refractivity contribution in [1.29, 1.82) is 0 Å². The van der Waals surface area contributed by atoms with E-state index in [9.17, 15) is 9.59 Å². The molecule has 3 rings (SSSR count). The number of carbonyl (C=O) groups excluding carboxylic acids is 1. The van der Waals surface area contributed by atoms with E-state index in [1.54, 1.807) is 0 Å². The molecule has 2 aliphatic carbocycles. The Hall–Kier alpha value is -1.06. The summed E-state index contributed by atoms with van der Waals surface area (Å²) in [6.07, 6.45) is 7.40. The van der Waals surface area contributed by atoms with Crippen molar-refractivity contribution in [3.63, 3.8) is 0 Å². The normalized spacial score (nSPS) is 41.5. The summed E-state index contributed by atoms with van der Waals surface area (Å²) in [5.41, 5.74) is 0. The van der Waals surface area contributed by atoms with Gasteiger partial charge >= 0.3 is 5.97 Å². The lowest BCUT2D eigenvalue weighted by Gasteiger charge is -2.40. The van der Waals surface area contributed by atoms with E-state index in [4.69, 9.17) is 5.11 Å². The van der Waals surface area contributed by atoms with Crippen LogP contribution in [0.3, 0.4) is 0 Å². The highest BCUT2D eigenvalue weighted by Crippen LogP contribution is 2.43. The van der Waals surface area contributed by atoms with E-state index in [0.29, 0.717) is 24.4 Å². The number of nitrogens with zero attached hydrogens (tertiary/aromatic N) is 1. The van der Waals surface area contributed by atoms with Crippen molar-refractivity contribution in [3.05, 3.63) is 0 Å². The molecule has 0 aromatic rings. The highest BCUT2D eigenvalue weighted by molar-refractivity contribution is 5.87. The Morgan fingerprint density at radius 2 is 1.74 bits per heavy atom. The number of hydrogen-bond donors (Lipinski definition) is 1. The second-order valence-electron chi connectivity index (χ2n) is 6.57. The first kappa shape index (κ1) is 12.9. The lowest BCUT2D eigenvalue weighted by Crippen LogP contribution is -2.50. The van der Waals surface area contributed by atoms with Crippen LogP contribution in [0.5, 0.6) is 0 Å². The zero-order valence-electron chi connectivity index (χ0n) is 11.5. The van der Waals surface area contributed by atoms with Gasteiger partial charge in [-0.1, -0.05) is 12.8 Å². The van der Waals surface area contributed by atoms with Gasteiger partial charge in [-0.15, -0.1) is 0 Å². The molecule has 1 amide bonds. The molecule has 106 valence electrons. The van der Waals surface area contributed by atoms with Gasteiger partial charge in [-0.05, 0) is 44.9 Å². The molecule has 0 bridgehead atoms. The molecule has 0 aromatic carbocycles. The second-order valence-corrected chi connectivity index (χ2v) is 6.57. The molecule has 3 fully saturated rings. The lowest BCUT2D eigenvalue weighted by molar-refractivity contribution is -0.158. The molecule has 4 heteroatoms. The third-order valence-corrected chi connectivity index (χ3v) is 5.51. The van der Waals surface area contributed by atoms with E-state index >= 15 is 0 Å². The summed E-state index contributed by atoms with van der Waals surface area (Å²) in [5.74, 6) is -0.684. The molecule has 0 radical (unpaired) electrons. The Morgan fingerprint density at radius 3 is 2.37 bits per heavy atom. The van der Waals surface area contributed by atoms with Crippen LogP contribution < -0.4 is 0 Å². The van der Waals surface area contributed by atoms with E-state index in [1.807, 2.05) is 0 Å². The van der Waals surface area contributed by atoms with E-state index in [0.717, 1.165) is 19.3 Å². The summed E-state index contributed by atoms with van der Waals surface area (Å²) in [6.45, 7) is 2.13. The molecule has 0 aromatic heterocycles. The quantitative estimate of drug-likeness (QED) is 0.833. The molecule has 0 spiro atoms. The molecule has 5 atom stereocenters. The van der Waals surface area contributed by atoms with Crippen molar-refractivity contribution in [1.82, 2.24) is 4.90 Å². The van der Waals surface area contributed by atoms with Gasteiger partial charge in [-0.2, -0.15) is 0 Å². The largest absolute Gasteiger partial charge is 0.481 e. The van der Waals surface area contributed by atoms with Gasteiger partial charge in [-0.25, -0.2) is 0 Å². The van der Waals surface area contributed by atoms with E-state index in [2.05, 4.69) is 11.8 Å². The molecule has 3 aliphatic rings. The fraction of sp³-hybridized carbons (Fsp3) is 0.867. The molecule has 4 nitrogen and oxygen atoms in total. The Morgan fingerprint density at radius 1 is 1.05 bits per heavy atom. The number of carbonyl (C=O) groups is 2. The molecule has 1 heterocycles. The molecule has 2 saturated carbocycles. The number of hydrogen-bond acceptors (Lipinski definition) is 2. The average molecular weight is 265 g/mol. The van der Waals surface area contributed by atoms with Gasteiger partial charge in [0.05, 0.1) is 11.8 Å². The van der Waals surface area contributed by atoms with Crippen LogP contribution in [0, 0.1) is 17.8 Å².